The number of anilines is 1. The molecule has 1 atom stereocenters. The number of halogens is 1. The molecule has 0 saturated carbocycles. The van der Waals surface area contributed by atoms with Gasteiger partial charge in [0.05, 0.1) is 15.9 Å². The first-order chi connectivity index (χ1) is 14.5. The number of fused-ring (bicyclic) bond motifs is 1. The van der Waals surface area contributed by atoms with Gasteiger partial charge < -0.3 is 15.5 Å². The number of rotatable bonds is 5. The molecule has 8 heteroatoms. The summed E-state index contributed by atoms with van der Waals surface area (Å²) in [4.78, 5) is 31.4. The Labute approximate surface area is 178 Å². The second-order valence-corrected chi connectivity index (χ2v) is 8.61. The molecule has 4 rings (SSSR count). The van der Waals surface area contributed by atoms with Crippen molar-refractivity contribution in [3.05, 3.63) is 48.3 Å². The van der Waals surface area contributed by atoms with Crippen molar-refractivity contribution in [1.82, 2.24) is 15.2 Å². The summed E-state index contributed by atoms with van der Waals surface area (Å²) in [5.74, 6) is -1.25. The maximum atomic E-state index is 13.9. The molecule has 0 aliphatic carbocycles. The van der Waals surface area contributed by atoms with Gasteiger partial charge in [-0.25, -0.2) is 9.37 Å². The minimum Gasteiger partial charge on any atom is -0.347 e. The number of nitrogens with one attached hydrogen (secondary N) is 2. The van der Waals surface area contributed by atoms with Gasteiger partial charge in [-0.1, -0.05) is 19.1 Å². The normalized spacial score (nSPS) is 16.7. The van der Waals surface area contributed by atoms with Crippen LogP contribution in [-0.2, 0) is 9.59 Å². The average molecular weight is 427 g/mol. The summed E-state index contributed by atoms with van der Waals surface area (Å²) >= 11 is 1.40. The molecule has 1 aliphatic rings. The highest BCUT2D eigenvalue weighted by Gasteiger charge is 2.20. The van der Waals surface area contributed by atoms with Gasteiger partial charge in [0.1, 0.15) is 10.8 Å². The van der Waals surface area contributed by atoms with Crippen molar-refractivity contribution in [2.45, 2.75) is 13.3 Å². The average Bonchev–Trinajstić information content (AvgIpc) is 3.35. The predicted octanol–water partition coefficient (Wildman–Crippen LogP) is 3.50. The first kappa shape index (κ1) is 20.4. The summed E-state index contributed by atoms with van der Waals surface area (Å²) in [7, 11) is 0. The number of thiazole rings is 1. The molecule has 3 aromatic rings. The lowest BCUT2D eigenvalue weighted by Gasteiger charge is -2.15. The molecular weight excluding hydrogens is 403 g/mol. The van der Waals surface area contributed by atoms with E-state index < -0.39 is 17.6 Å². The van der Waals surface area contributed by atoms with E-state index in [0.717, 1.165) is 36.3 Å². The number of amides is 2. The number of hydrogen-bond donors (Lipinski definition) is 2. The Balaban J connectivity index is 1.43. The molecule has 30 heavy (non-hydrogen) atoms. The smallest absolute Gasteiger partial charge is 0.313 e. The van der Waals surface area contributed by atoms with E-state index >= 15 is 0 Å². The van der Waals surface area contributed by atoms with E-state index in [1.54, 1.807) is 0 Å². The van der Waals surface area contributed by atoms with Crippen molar-refractivity contribution in [1.29, 1.82) is 0 Å². The van der Waals surface area contributed by atoms with Crippen LogP contribution in [0.3, 0.4) is 0 Å². The molecular formula is C22H23FN4O2S. The van der Waals surface area contributed by atoms with Crippen molar-refractivity contribution >= 4 is 39.1 Å². The van der Waals surface area contributed by atoms with E-state index in [9.17, 15) is 14.0 Å². The number of para-hydroxylation sites is 1. The fraction of sp³-hybridized carbons (Fsp3) is 0.318. The molecule has 156 valence electrons. The van der Waals surface area contributed by atoms with Crippen molar-refractivity contribution in [3.63, 3.8) is 0 Å². The van der Waals surface area contributed by atoms with Gasteiger partial charge in [-0.2, -0.15) is 0 Å². The van der Waals surface area contributed by atoms with Gasteiger partial charge >= 0.3 is 11.8 Å². The van der Waals surface area contributed by atoms with Gasteiger partial charge in [0.25, 0.3) is 0 Å². The molecule has 1 aliphatic heterocycles. The third-order valence-electron chi connectivity index (χ3n) is 5.18. The van der Waals surface area contributed by atoms with Crippen molar-refractivity contribution in [2.24, 2.45) is 5.92 Å². The maximum Gasteiger partial charge on any atom is 0.313 e. The molecule has 0 radical (unpaired) electrons. The van der Waals surface area contributed by atoms with Crippen molar-refractivity contribution in [2.75, 3.05) is 31.5 Å². The van der Waals surface area contributed by atoms with Gasteiger partial charge in [0, 0.05) is 25.2 Å². The third kappa shape index (κ3) is 4.66. The number of likely N-dealkylation sites (tertiary alicyclic amines) is 1. The topological polar surface area (TPSA) is 74.3 Å². The standard InChI is InChI=1S/C22H23FN4O2S/c1-14-8-10-27(13-14)11-9-24-20(28)21(29)25-17-7-6-15(23)12-16(17)22-26-18-4-2-3-5-19(18)30-22/h2-7,12,14H,8-11,13H2,1H3,(H,24,28)(H,25,29). The highest BCUT2D eigenvalue weighted by atomic mass is 32.1. The Hall–Kier alpha value is -2.84. The van der Waals surface area contributed by atoms with E-state index in [4.69, 9.17) is 0 Å². The molecule has 2 N–H and O–H groups in total. The van der Waals surface area contributed by atoms with Crippen LogP contribution in [0.1, 0.15) is 13.3 Å². The van der Waals surface area contributed by atoms with E-state index in [2.05, 4.69) is 27.4 Å². The maximum absolute atomic E-state index is 13.9. The fourth-order valence-electron chi connectivity index (χ4n) is 3.61. The molecule has 2 heterocycles. The lowest BCUT2D eigenvalue weighted by molar-refractivity contribution is -0.136. The van der Waals surface area contributed by atoms with Crippen LogP contribution >= 0.6 is 11.3 Å². The number of carbonyl (C=O) groups excluding carboxylic acids is 2. The number of benzene rings is 2. The van der Waals surface area contributed by atoms with E-state index in [0.29, 0.717) is 28.7 Å². The highest BCUT2D eigenvalue weighted by Crippen LogP contribution is 2.35. The van der Waals surface area contributed by atoms with Crippen LogP contribution in [0, 0.1) is 11.7 Å². The van der Waals surface area contributed by atoms with Crippen LogP contribution < -0.4 is 10.6 Å². The first-order valence-electron chi connectivity index (χ1n) is 9.96. The van der Waals surface area contributed by atoms with Gasteiger partial charge in [-0.05, 0) is 49.2 Å². The Morgan fingerprint density at radius 3 is 2.83 bits per heavy atom. The Morgan fingerprint density at radius 2 is 2.07 bits per heavy atom. The minimum absolute atomic E-state index is 0.351. The van der Waals surface area contributed by atoms with Crippen LogP contribution in [0.4, 0.5) is 10.1 Å². The lowest BCUT2D eigenvalue weighted by atomic mass is 10.1. The molecule has 2 aromatic carbocycles. The summed E-state index contributed by atoms with van der Waals surface area (Å²) < 4.78 is 14.9. The summed E-state index contributed by atoms with van der Waals surface area (Å²) in [6.07, 6.45) is 1.16. The molecule has 6 nitrogen and oxygen atoms in total. The Kier molecular flexibility index (Phi) is 6.06. The predicted molar refractivity (Wildman–Crippen MR) is 117 cm³/mol. The second-order valence-electron chi connectivity index (χ2n) is 7.58. The first-order valence-corrected chi connectivity index (χ1v) is 10.8. The van der Waals surface area contributed by atoms with Gasteiger partial charge in [0.15, 0.2) is 0 Å². The summed E-state index contributed by atoms with van der Waals surface area (Å²) in [5.41, 5.74) is 1.60. The highest BCUT2D eigenvalue weighted by molar-refractivity contribution is 7.21. The van der Waals surface area contributed by atoms with Crippen molar-refractivity contribution in [3.8, 4) is 10.6 Å². The third-order valence-corrected chi connectivity index (χ3v) is 6.25. The summed E-state index contributed by atoms with van der Waals surface area (Å²) in [5, 5.41) is 5.84. The number of hydrogen-bond acceptors (Lipinski definition) is 5. The van der Waals surface area contributed by atoms with Gasteiger partial charge in [0.2, 0.25) is 0 Å². The Bertz CT molecular complexity index is 1050. The number of carbonyl (C=O) groups is 2. The molecule has 0 bridgehead atoms. The van der Waals surface area contributed by atoms with Crippen LogP contribution in [0.5, 0.6) is 0 Å². The van der Waals surface area contributed by atoms with Crippen molar-refractivity contribution < 1.29 is 14.0 Å². The Morgan fingerprint density at radius 1 is 1.23 bits per heavy atom. The molecule has 2 amide bonds. The molecule has 1 saturated heterocycles. The van der Waals surface area contributed by atoms with E-state index in [-0.39, 0.29) is 0 Å². The molecule has 1 fully saturated rings. The fourth-order valence-corrected chi connectivity index (χ4v) is 4.60. The molecule has 1 unspecified atom stereocenters. The number of nitrogens with zero attached hydrogens (tertiary/aromatic N) is 2. The van der Waals surface area contributed by atoms with Crippen LogP contribution in [-0.4, -0.2) is 47.9 Å². The number of aromatic nitrogens is 1. The minimum atomic E-state index is -0.779. The van der Waals surface area contributed by atoms with Crippen LogP contribution in [0.25, 0.3) is 20.8 Å². The SMILES string of the molecule is CC1CCN(CCNC(=O)C(=O)Nc2ccc(F)cc2-c2nc3ccccc3s2)C1. The zero-order chi connectivity index (χ0) is 21.1. The van der Waals surface area contributed by atoms with Crippen LogP contribution in [0.15, 0.2) is 42.5 Å². The second kappa shape index (κ2) is 8.89. The van der Waals surface area contributed by atoms with Gasteiger partial charge in [-0.15, -0.1) is 11.3 Å². The van der Waals surface area contributed by atoms with Crippen LogP contribution in [0.2, 0.25) is 0 Å². The summed E-state index contributed by atoms with van der Waals surface area (Å²) in [6.45, 7) is 5.37. The van der Waals surface area contributed by atoms with Gasteiger partial charge in [-0.3, -0.25) is 9.59 Å². The quantitative estimate of drug-likeness (QED) is 0.613. The largest absolute Gasteiger partial charge is 0.347 e. The van der Waals surface area contributed by atoms with E-state index in [1.165, 1.54) is 29.5 Å². The van der Waals surface area contributed by atoms with E-state index in [1.807, 2.05) is 24.3 Å². The zero-order valence-corrected chi connectivity index (χ0v) is 17.5. The molecule has 1 aromatic heterocycles. The zero-order valence-electron chi connectivity index (χ0n) is 16.7. The summed E-state index contributed by atoms with van der Waals surface area (Å²) in [6, 6.07) is 11.6. The molecule has 0 spiro atoms. The monoisotopic (exact) mass is 426 g/mol. The lowest BCUT2D eigenvalue weighted by Crippen LogP contribution is -2.39.